The number of ether oxygens (including phenoxy) is 1. The van der Waals surface area contributed by atoms with Gasteiger partial charge in [-0.15, -0.1) is 11.3 Å². The van der Waals surface area contributed by atoms with E-state index in [0.717, 1.165) is 37.4 Å². The number of hydrogen-bond donors (Lipinski definition) is 1. The van der Waals surface area contributed by atoms with Gasteiger partial charge < -0.3 is 9.84 Å². The van der Waals surface area contributed by atoms with Crippen LogP contribution in [0.15, 0.2) is 60.7 Å². The van der Waals surface area contributed by atoms with Crippen LogP contribution >= 0.6 is 11.3 Å². The van der Waals surface area contributed by atoms with Gasteiger partial charge in [0.05, 0.1) is 27.0 Å². The Morgan fingerprint density at radius 2 is 1.68 bits per heavy atom. The summed E-state index contributed by atoms with van der Waals surface area (Å²) >= 11 is 1.64. The first-order valence-corrected chi connectivity index (χ1v) is 12.0. The Balaban J connectivity index is 1.67. The van der Waals surface area contributed by atoms with Crippen LogP contribution in [-0.2, 0) is 6.61 Å². The van der Waals surface area contributed by atoms with Gasteiger partial charge in [0.15, 0.2) is 0 Å². The fourth-order valence-electron chi connectivity index (χ4n) is 4.49. The molecule has 4 nitrogen and oxygen atoms in total. The van der Waals surface area contributed by atoms with Crippen LogP contribution in [0.5, 0.6) is 5.75 Å². The van der Waals surface area contributed by atoms with Crippen molar-refractivity contribution in [1.82, 2.24) is 4.98 Å². The van der Waals surface area contributed by atoms with Crippen molar-refractivity contribution in [2.24, 2.45) is 0 Å². The van der Waals surface area contributed by atoms with Crippen LogP contribution < -0.4 is 4.74 Å². The molecule has 0 aliphatic heterocycles. The number of pyridine rings is 1. The minimum atomic E-state index is -0.991. The normalized spacial score (nSPS) is 11.3. The van der Waals surface area contributed by atoms with E-state index in [4.69, 9.17) is 9.72 Å². The zero-order valence-corrected chi connectivity index (χ0v) is 20.4. The van der Waals surface area contributed by atoms with E-state index in [-0.39, 0.29) is 5.56 Å². The summed E-state index contributed by atoms with van der Waals surface area (Å²) < 4.78 is 7.39. The van der Waals surface area contributed by atoms with E-state index in [1.165, 1.54) is 5.39 Å². The van der Waals surface area contributed by atoms with Crippen LogP contribution in [0.3, 0.4) is 0 Å². The first-order valence-electron chi connectivity index (χ1n) is 11.2. The van der Waals surface area contributed by atoms with Crippen LogP contribution in [0.2, 0.25) is 0 Å². The highest BCUT2D eigenvalue weighted by Crippen LogP contribution is 2.40. The lowest BCUT2D eigenvalue weighted by atomic mass is 10.0. The Morgan fingerprint density at radius 3 is 2.38 bits per heavy atom. The zero-order chi connectivity index (χ0) is 24.0. The lowest BCUT2D eigenvalue weighted by Gasteiger charge is -2.16. The van der Waals surface area contributed by atoms with E-state index in [1.807, 2.05) is 37.3 Å². The quantitative estimate of drug-likeness (QED) is 0.289. The molecule has 0 saturated heterocycles. The molecule has 0 fully saturated rings. The molecule has 0 radical (unpaired) electrons. The molecule has 0 bridgehead atoms. The second kappa shape index (κ2) is 8.58. The van der Waals surface area contributed by atoms with Gasteiger partial charge in [-0.25, -0.2) is 9.78 Å². The summed E-state index contributed by atoms with van der Waals surface area (Å²) in [6.07, 6.45) is 0. The smallest absolute Gasteiger partial charge is 0.336 e. The highest BCUT2D eigenvalue weighted by atomic mass is 32.1. The minimum Gasteiger partial charge on any atom is -0.488 e. The predicted octanol–water partition coefficient (Wildman–Crippen LogP) is 7.63. The average molecular weight is 468 g/mol. The van der Waals surface area contributed by atoms with Crippen molar-refractivity contribution in [2.45, 2.75) is 34.3 Å². The number of nitrogens with zero attached hydrogens (tertiary/aromatic N) is 1. The van der Waals surface area contributed by atoms with Gasteiger partial charge in [0.1, 0.15) is 12.4 Å². The zero-order valence-electron chi connectivity index (χ0n) is 19.6. The molecule has 0 unspecified atom stereocenters. The van der Waals surface area contributed by atoms with Gasteiger partial charge in [0.2, 0.25) is 0 Å². The van der Waals surface area contributed by atoms with Crippen LogP contribution in [0.4, 0.5) is 0 Å². The highest BCUT2D eigenvalue weighted by Gasteiger charge is 2.21. The van der Waals surface area contributed by atoms with Gasteiger partial charge in [-0.1, -0.05) is 42.5 Å². The van der Waals surface area contributed by atoms with E-state index in [9.17, 15) is 9.90 Å². The number of aromatic carboxylic acids is 1. The SMILES string of the molecule is Cc1cccc(C)c1COc1ccc(C)c2nc(-c3sc4ccccc4c3C)cc(C(=O)O)c12. The van der Waals surface area contributed by atoms with Crippen molar-refractivity contribution in [3.8, 4) is 16.3 Å². The van der Waals surface area contributed by atoms with Gasteiger partial charge in [-0.2, -0.15) is 0 Å². The van der Waals surface area contributed by atoms with Gasteiger partial charge in [0.25, 0.3) is 0 Å². The molecule has 1 N–H and O–H groups in total. The van der Waals surface area contributed by atoms with Gasteiger partial charge in [-0.3, -0.25) is 0 Å². The van der Waals surface area contributed by atoms with Gasteiger partial charge in [-0.05, 0) is 79.1 Å². The van der Waals surface area contributed by atoms with Crippen molar-refractivity contribution in [1.29, 1.82) is 0 Å². The second-order valence-electron chi connectivity index (χ2n) is 8.68. The summed E-state index contributed by atoms with van der Waals surface area (Å²) in [5.41, 5.74) is 6.98. The summed E-state index contributed by atoms with van der Waals surface area (Å²) in [7, 11) is 0. The number of carbonyl (C=O) groups is 1. The molecule has 0 spiro atoms. The Hall–Kier alpha value is -3.70. The Bertz CT molecular complexity index is 1560. The Kier molecular flexibility index (Phi) is 5.58. The minimum absolute atomic E-state index is 0.206. The molecule has 2 aromatic heterocycles. The maximum atomic E-state index is 12.4. The van der Waals surface area contributed by atoms with Crippen molar-refractivity contribution in [3.05, 3.63) is 94.0 Å². The van der Waals surface area contributed by atoms with E-state index in [1.54, 1.807) is 17.4 Å². The van der Waals surface area contributed by atoms with Crippen LogP contribution in [0.1, 0.15) is 38.2 Å². The first-order chi connectivity index (χ1) is 16.3. The number of carboxylic acids is 1. The van der Waals surface area contributed by atoms with E-state index in [0.29, 0.717) is 29.0 Å². The third-order valence-electron chi connectivity index (χ3n) is 6.45. The summed E-state index contributed by atoms with van der Waals surface area (Å²) in [5, 5.41) is 11.9. The molecular weight excluding hydrogens is 442 g/mol. The number of carboxylic acid groups (broad SMARTS) is 1. The van der Waals surface area contributed by atoms with Crippen molar-refractivity contribution in [2.75, 3.05) is 0 Å². The molecule has 5 rings (SSSR count). The molecule has 5 heteroatoms. The summed E-state index contributed by atoms with van der Waals surface area (Å²) in [4.78, 5) is 18.4. The molecule has 0 amide bonds. The van der Waals surface area contributed by atoms with Gasteiger partial charge >= 0.3 is 5.97 Å². The summed E-state index contributed by atoms with van der Waals surface area (Å²) in [6, 6.07) is 19.8. The van der Waals surface area contributed by atoms with E-state index >= 15 is 0 Å². The number of fused-ring (bicyclic) bond motifs is 2. The van der Waals surface area contributed by atoms with Crippen molar-refractivity contribution in [3.63, 3.8) is 0 Å². The lowest BCUT2D eigenvalue weighted by Crippen LogP contribution is -2.05. The fourth-order valence-corrected chi connectivity index (χ4v) is 5.66. The Labute approximate surface area is 202 Å². The van der Waals surface area contributed by atoms with Crippen LogP contribution in [0.25, 0.3) is 31.6 Å². The maximum absolute atomic E-state index is 12.4. The molecule has 0 aliphatic rings. The molecule has 5 aromatic rings. The maximum Gasteiger partial charge on any atom is 0.336 e. The monoisotopic (exact) mass is 467 g/mol. The molecule has 34 heavy (non-hydrogen) atoms. The average Bonchev–Trinajstić information content (AvgIpc) is 3.16. The number of hydrogen-bond acceptors (Lipinski definition) is 4. The highest BCUT2D eigenvalue weighted by molar-refractivity contribution is 7.22. The number of rotatable bonds is 5. The fraction of sp³-hybridized carbons (Fsp3) is 0.172. The molecule has 170 valence electrons. The van der Waals surface area contributed by atoms with E-state index in [2.05, 4.69) is 45.0 Å². The molecule has 0 saturated carbocycles. The number of benzene rings is 3. The van der Waals surface area contributed by atoms with Gasteiger partial charge in [0, 0.05) is 4.70 Å². The largest absolute Gasteiger partial charge is 0.488 e. The summed E-state index contributed by atoms with van der Waals surface area (Å²) in [6.45, 7) is 8.51. The standard InChI is InChI=1S/C29H25NO3S/c1-16-8-7-9-17(2)22(16)15-33-24-13-12-18(3)27-26(24)21(29(31)32)14-23(30-27)28-19(4)20-10-5-6-11-25(20)34-28/h5-14H,15H2,1-4H3,(H,31,32). The number of aromatic nitrogens is 1. The molecule has 0 aliphatic carbocycles. The number of thiophene rings is 1. The first kappa shape index (κ1) is 22.1. The second-order valence-corrected chi connectivity index (χ2v) is 9.73. The van der Waals surface area contributed by atoms with Crippen LogP contribution in [-0.4, -0.2) is 16.1 Å². The van der Waals surface area contributed by atoms with E-state index < -0.39 is 5.97 Å². The van der Waals surface area contributed by atoms with Crippen LogP contribution in [0, 0.1) is 27.7 Å². The third kappa shape index (κ3) is 3.72. The van der Waals surface area contributed by atoms with Crippen molar-refractivity contribution < 1.29 is 14.6 Å². The molecule has 3 aromatic carbocycles. The summed E-state index contributed by atoms with van der Waals surface area (Å²) in [5.74, 6) is -0.456. The molecular formula is C29H25NO3S. The Morgan fingerprint density at radius 1 is 0.941 bits per heavy atom. The molecule has 0 atom stereocenters. The predicted molar refractivity (Wildman–Crippen MR) is 139 cm³/mol. The lowest BCUT2D eigenvalue weighted by molar-refractivity contribution is 0.0698. The molecule has 2 heterocycles. The number of aryl methyl sites for hydroxylation is 4. The third-order valence-corrected chi connectivity index (χ3v) is 7.74. The topological polar surface area (TPSA) is 59.4 Å². The van der Waals surface area contributed by atoms with Crippen molar-refractivity contribution >= 4 is 38.3 Å².